The summed E-state index contributed by atoms with van der Waals surface area (Å²) in [6.07, 6.45) is 3.82. The van der Waals surface area contributed by atoms with Gasteiger partial charge in [-0.2, -0.15) is 0 Å². The quantitative estimate of drug-likeness (QED) is 0.887. The first-order valence-corrected chi connectivity index (χ1v) is 6.77. The predicted octanol–water partition coefficient (Wildman–Crippen LogP) is 4.47. The minimum atomic E-state index is 0.133. The summed E-state index contributed by atoms with van der Waals surface area (Å²) in [5.41, 5.74) is 1.48. The van der Waals surface area contributed by atoms with Gasteiger partial charge in [-0.25, -0.2) is 0 Å². The SMILES string of the molecule is CC(C)/C(=C/c1occc1Br)CNC(C)(C)C. The van der Waals surface area contributed by atoms with Crippen LogP contribution in [0.5, 0.6) is 0 Å². The Morgan fingerprint density at radius 3 is 2.53 bits per heavy atom. The molecule has 0 atom stereocenters. The second-order valence-electron chi connectivity index (χ2n) is 5.61. The van der Waals surface area contributed by atoms with Crippen molar-refractivity contribution >= 4 is 22.0 Å². The number of furan rings is 1. The zero-order valence-corrected chi connectivity index (χ0v) is 12.9. The first-order chi connectivity index (χ1) is 7.79. The van der Waals surface area contributed by atoms with E-state index in [1.165, 1.54) is 5.57 Å². The maximum Gasteiger partial charge on any atom is 0.140 e. The number of hydrogen-bond donors (Lipinski definition) is 1. The molecule has 0 unspecified atom stereocenters. The third-order valence-electron chi connectivity index (χ3n) is 2.53. The predicted molar refractivity (Wildman–Crippen MR) is 77.0 cm³/mol. The Kier molecular flexibility index (Phi) is 5.02. The van der Waals surface area contributed by atoms with Crippen molar-refractivity contribution in [2.75, 3.05) is 6.54 Å². The minimum Gasteiger partial charge on any atom is -0.464 e. The van der Waals surface area contributed by atoms with E-state index in [9.17, 15) is 0 Å². The lowest BCUT2D eigenvalue weighted by atomic mass is 10.0. The number of hydrogen-bond acceptors (Lipinski definition) is 2. The van der Waals surface area contributed by atoms with Gasteiger partial charge in [-0.1, -0.05) is 19.4 Å². The highest BCUT2D eigenvalue weighted by molar-refractivity contribution is 9.10. The molecule has 17 heavy (non-hydrogen) atoms. The third-order valence-corrected chi connectivity index (χ3v) is 3.18. The van der Waals surface area contributed by atoms with E-state index in [1.807, 2.05) is 6.07 Å². The molecule has 1 rings (SSSR count). The standard InChI is InChI=1S/C14H22BrNO/c1-10(2)11(9-16-14(3,4)5)8-13-12(15)6-7-17-13/h6-8,10,16H,9H2,1-5H3/b11-8+. The van der Waals surface area contributed by atoms with E-state index in [2.05, 4.69) is 61.9 Å². The highest BCUT2D eigenvalue weighted by atomic mass is 79.9. The zero-order valence-electron chi connectivity index (χ0n) is 11.3. The molecule has 0 amide bonds. The lowest BCUT2D eigenvalue weighted by Gasteiger charge is -2.23. The van der Waals surface area contributed by atoms with Crippen LogP contribution in [0.1, 0.15) is 40.4 Å². The van der Waals surface area contributed by atoms with Gasteiger partial charge in [-0.05, 0) is 54.8 Å². The summed E-state index contributed by atoms with van der Waals surface area (Å²) in [5.74, 6) is 1.39. The minimum absolute atomic E-state index is 0.133. The highest BCUT2D eigenvalue weighted by Gasteiger charge is 2.12. The van der Waals surface area contributed by atoms with E-state index in [0.29, 0.717) is 5.92 Å². The molecule has 0 aliphatic carbocycles. The van der Waals surface area contributed by atoms with Gasteiger partial charge in [0, 0.05) is 12.1 Å². The second-order valence-corrected chi connectivity index (χ2v) is 6.46. The second kappa shape index (κ2) is 5.87. The molecule has 0 fully saturated rings. The topological polar surface area (TPSA) is 25.2 Å². The summed E-state index contributed by atoms with van der Waals surface area (Å²) < 4.78 is 6.43. The molecule has 1 heterocycles. The van der Waals surface area contributed by atoms with Crippen molar-refractivity contribution in [3.8, 4) is 0 Å². The molecular formula is C14H22BrNO. The van der Waals surface area contributed by atoms with Gasteiger partial charge in [-0.3, -0.25) is 0 Å². The summed E-state index contributed by atoms with van der Waals surface area (Å²) >= 11 is 3.48. The molecule has 96 valence electrons. The van der Waals surface area contributed by atoms with Gasteiger partial charge in [0.05, 0.1) is 10.7 Å². The Morgan fingerprint density at radius 2 is 2.12 bits per heavy atom. The molecule has 0 bridgehead atoms. The maximum absolute atomic E-state index is 5.43. The summed E-state index contributed by atoms with van der Waals surface area (Å²) in [7, 11) is 0. The van der Waals surface area contributed by atoms with Crippen molar-refractivity contribution in [1.29, 1.82) is 0 Å². The van der Waals surface area contributed by atoms with Crippen LogP contribution in [0, 0.1) is 5.92 Å². The van der Waals surface area contributed by atoms with Crippen molar-refractivity contribution < 1.29 is 4.42 Å². The van der Waals surface area contributed by atoms with Gasteiger partial charge in [-0.15, -0.1) is 0 Å². The molecule has 0 aliphatic rings. The summed E-state index contributed by atoms with van der Waals surface area (Å²) in [6.45, 7) is 11.8. The molecule has 0 spiro atoms. The van der Waals surface area contributed by atoms with Crippen molar-refractivity contribution in [3.05, 3.63) is 28.1 Å². The monoisotopic (exact) mass is 299 g/mol. The van der Waals surface area contributed by atoms with Crippen LogP contribution in [0.25, 0.3) is 6.08 Å². The Balaban J connectivity index is 2.80. The zero-order chi connectivity index (χ0) is 13.1. The normalized spacial score (nSPS) is 13.5. The van der Waals surface area contributed by atoms with Crippen molar-refractivity contribution in [2.45, 2.75) is 40.2 Å². The molecule has 0 saturated heterocycles. The largest absolute Gasteiger partial charge is 0.464 e. The van der Waals surface area contributed by atoms with Crippen LogP contribution in [0.3, 0.4) is 0 Å². The van der Waals surface area contributed by atoms with Gasteiger partial charge in [0.1, 0.15) is 5.76 Å². The lowest BCUT2D eigenvalue weighted by Crippen LogP contribution is -2.37. The van der Waals surface area contributed by atoms with Crippen molar-refractivity contribution in [1.82, 2.24) is 5.32 Å². The Morgan fingerprint density at radius 1 is 1.47 bits per heavy atom. The lowest BCUT2D eigenvalue weighted by molar-refractivity contribution is 0.437. The van der Waals surface area contributed by atoms with Crippen molar-refractivity contribution in [2.24, 2.45) is 5.92 Å². The molecule has 1 aromatic rings. The van der Waals surface area contributed by atoms with E-state index in [0.717, 1.165) is 16.8 Å². The Labute approximate surface area is 113 Å². The summed E-state index contributed by atoms with van der Waals surface area (Å²) in [4.78, 5) is 0. The van der Waals surface area contributed by atoms with Gasteiger partial charge >= 0.3 is 0 Å². The average molecular weight is 300 g/mol. The molecule has 0 aromatic carbocycles. The molecule has 1 aromatic heterocycles. The average Bonchev–Trinajstić information content (AvgIpc) is 2.56. The van der Waals surface area contributed by atoms with Crippen LogP contribution in [0.2, 0.25) is 0 Å². The number of nitrogens with one attached hydrogen (secondary N) is 1. The highest BCUT2D eigenvalue weighted by Crippen LogP contribution is 2.22. The van der Waals surface area contributed by atoms with Gasteiger partial charge < -0.3 is 9.73 Å². The number of halogens is 1. The maximum atomic E-state index is 5.43. The van der Waals surface area contributed by atoms with Gasteiger partial charge in [0.15, 0.2) is 0 Å². The molecule has 2 nitrogen and oxygen atoms in total. The smallest absolute Gasteiger partial charge is 0.140 e. The van der Waals surface area contributed by atoms with E-state index in [1.54, 1.807) is 6.26 Å². The van der Waals surface area contributed by atoms with E-state index in [-0.39, 0.29) is 5.54 Å². The van der Waals surface area contributed by atoms with Crippen LogP contribution >= 0.6 is 15.9 Å². The summed E-state index contributed by atoms with van der Waals surface area (Å²) in [5, 5.41) is 3.51. The van der Waals surface area contributed by atoms with E-state index < -0.39 is 0 Å². The van der Waals surface area contributed by atoms with Crippen LogP contribution in [0.15, 0.2) is 26.8 Å². The molecule has 0 radical (unpaired) electrons. The fourth-order valence-corrected chi connectivity index (χ4v) is 1.68. The van der Waals surface area contributed by atoms with E-state index >= 15 is 0 Å². The fourth-order valence-electron chi connectivity index (χ4n) is 1.37. The van der Waals surface area contributed by atoms with E-state index in [4.69, 9.17) is 4.42 Å². The van der Waals surface area contributed by atoms with Crippen LogP contribution in [-0.2, 0) is 0 Å². The fraction of sp³-hybridized carbons (Fsp3) is 0.571. The summed E-state index contributed by atoms with van der Waals surface area (Å²) in [6, 6.07) is 1.92. The third kappa shape index (κ3) is 5.09. The van der Waals surface area contributed by atoms with Crippen molar-refractivity contribution in [3.63, 3.8) is 0 Å². The Bertz CT molecular complexity index is 385. The molecule has 0 saturated carbocycles. The molecular weight excluding hydrogens is 278 g/mol. The van der Waals surface area contributed by atoms with Crippen LogP contribution in [0.4, 0.5) is 0 Å². The molecule has 0 aliphatic heterocycles. The van der Waals surface area contributed by atoms with Crippen LogP contribution < -0.4 is 5.32 Å². The number of rotatable bonds is 4. The molecule has 1 N–H and O–H groups in total. The van der Waals surface area contributed by atoms with Gasteiger partial charge in [0.25, 0.3) is 0 Å². The first kappa shape index (κ1) is 14.5. The Hall–Kier alpha value is -0.540. The van der Waals surface area contributed by atoms with Crippen LogP contribution in [-0.4, -0.2) is 12.1 Å². The molecule has 3 heteroatoms. The van der Waals surface area contributed by atoms with Gasteiger partial charge in [0.2, 0.25) is 0 Å². The first-order valence-electron chi connectivity index (χ1n) is 5.98.